The standard InChI is InChI=1S/C18H23NO/c1-4-14(2)15(3)19-16-10-12-18(13-11-16)20-17-8-6-5-7-9-17/h5-15,19H,4H2,1-3H3. The first-order valence-electron chi connectivity index (χ1n) is 7.28. The van der Waals surface area contributed by atoms with E-state index < -0.39 is 0 Å². The van der Waals surface area contributed by atoms with Crippen molar-refractivity contribution in [2.24, 2.45) is 5.92 Å². The number of anilines is 1. The van der Waals surface area contributed by atoms with E-state index in [0.29, 0.717) is 12.0 Å². The van der Waals surface area contributed by atoms with Gasteiger partial charge in [-0.1, -0.05) is 38.5 Å². The Balaban J connectivity index is 1.96. The summed E-state index contributed by atoms with van der Waals surface area (Å²) >= 11 is 0. The molecule has 2 aromatic rings. The predicted molar refractivity (Wildman–Crippen MR) is 85.5 cm³/mol. The molecule has 0 aliphatic rings. The molecule has 20 heavy (non-hydrogen) atoms. The lowest BCUT2D eigenvalue weighted by molar-refractivity contribution is 0.482. The van der Waals surface area contributed by atoms with Crippen LogP contribution in [0.3, 0.4) is 0 Å². The van der Waals surface area contributed by atoms with Crippen LogP contribution in [0.1, 0.15) is 27.2 Å². The van der Waals surface area contributed by atoms with E-state index in [1.54, 1.807) is 0 Å². The molecular weight excluding hydrogens is 246 g/mol. The van der Waals surface area contributed by atoms with Crippen molar-refractivity contribution in [3.8, 4) is 11.5 Å². The van der Waals surface area contributed by atoms with Crippen LogP contribution in [-0.4, -0.2) is 6.04 Å². The van der Waals surface area contributed by atoms with Crippen LogP contribution in [0.15, 0.2) is 54.6 Å². The highest BCUT2D eigenvalue weighted by Crippen LogP contribution is 2.23. The predicted octanol–water partition coefficient (Wildman–Crippen LogP) is 5.33. The Morgan fingerprint density at radius 2 is 1.50 bits per heavy atom. The molecule has 2 atom stereocenters. The molecule has 0 saturated heterocycles. The maximum Gasteiger partial charge on any atom is 0.127 e. The second-order valence-electron chi connectivity index (χ2n) is 5.26. The summed E-state index contributed by atoms with van der Waals surface area (Å²) in [5, 5.41) is 3.53. The smallest absolute Gasteiger partial charge is 0.127 e. The first-order valence-corrected chi connectivity index (χ1v) is 7.28. The Morgan fingerprint density at radius 3 is 2.10 bits per heavy atom. The number of ether oxygens (including phenoxy) is 1. The number of hydrogen-bond donors (Lipinski definition) is 1. The zero-order chi connectivity index (χ0) is 14.4. The Bertz CT molecular complexity index is 507. The minimum atomic E-state index is 0.473. The first-order chi connectivity index (χ1) is 9.69. The molecule has 0 spiro atoms. The van der Waals surface area contributed by atoms with Crippen LogP contribution in [0.5, 0.6) is 11.5 Å². The van der Waals surface area contributed by atoms with E-state index in [1.165, 1.54) is 6.42 Å². The Morgan fingerprint density at radius 1 is 0.900 bits per heavy atom. The summed E-state index contributed by atoms with van der Waals surface area (Å²) in [6, 6.07) is 18.4. The van der Waals surface area contributed by atoms with Gasteiger partial charge in [-0.05, 0) is 49.2 Å². The van der Waals surface area contributed by atoms with E-state index in [4.69, 9.17) is 4.74 Å². The summed E-state index contributed by atoms with van der Waals surface area (Å²) in [5.74, 6) is 2.38. The van der Waals surface area contributed by atoms with Crippen LogP contribution >= 0.6 is 0 Å². The minimum absolute atomic E-state index is 0.473. The van der Waals surface area contributed by atoms with Crippen molar-refractivity contribution in [2.75, 3.05) is 5.32 Å². The third-order valence-electron chi connectivity index (χ3n) is 3.73. The lowest BCUT2D eigenvalue weighted by Crippen LogP contribution is -2.23. The number of benzene rings is 2. The molecule has 0 aromatic heterocycles. The normalized spacial score (nSPS) is 13.6. The quantitative estimate of drug-likeness (QED) is 0.765. The van der Waals surface area contributed by atoms with Gasteiger partial charge in [-0.25, -0.2) is 0 Å². The minimum Gasteiger partial charge on any atom is -0.457 e. The lowest BCUT2D eigenvalue weighted by atomic mass is 10.0. The summed E-state index contributed by atoms with van der Waals surface area (Å²) < 4.78 is 5.78. The summed E-state index contributed by atoms with van der Waals surface area (Å²) in [5.41, 5.74) is 1.14. The molecule has 1 N–H and O–H groups in total. The Hall–Kier alpha value is -1.96. The second kappa shape index (κ2) is 6.99. The summed E-state index contributed by atoms with van der Waals surface area (Å²) in [4.78, 5) is 0. The van der Waals surface area contributed by atoms with Gasteiger partial charge in [0.2, 0.25) is 0 Å². The van der Waals surface area contributed by atoms with Crippen molar-refractivity contribution < 1.29 is 4.74 Å². The fourth-order valence-corrected chi connectivity index (χ4v) is 2.00. The number of nitrogens with one attached hydrogen (secondary N) is 1. The fourth-order valence-electron chi connectivity index (χ4n) is 2.00. The van der Waals surface area contributed by atoms with E-state index in [-0.39, 0.29) is 0 Å². The zero-order valence-electron chi connectivity index (χ0n) is 12.5. The molecule has 0 saturated carbocycles. The van der Waals surface area contributed by atoms with Crippen LogP contribution < -0.4 is 10.1 Å². The van der Waals surface area contributed by atoms with Crippen LogP contribution in [0.2, 0.25) is 0 Å². The summed E-state index contributed by atoms with van der Waals surface area (Å²) in [6.07, 6.45) is 1.18. The average Bonchev–Trinajstić information content (AvgIpc) is 2.49. The van der Waals surface area contributed by atoms with Crippen LogP contribution in [0, 0.1) is 5.92 Å². The maximum absolute atomic E-state index is 5.78. The first kappa shape index (κ1) is 14.4. The second-order valence-corrected chi connectivity index (χ2v) is 5.26. The van der Waals surface area contributed by atoms with Gasteiger partial charge in [0.15, 0.2) is 0 Å². The van der Waals surface area contributed by atoms with Crippen molar-refractivity contribution >= 4 is 5.69 Å². The van der Waals surface area contributed by atoms with Crippen molar-refractivity contribution in [1.29, 1.82) is 0 Å². The molecule has 0 amide bonds. The van der Waals surface area contributed by atoms with Gasteiger partial charge in [0.25, 0.3) is 0 Å². The van der Waals surface area contributed by atoms with Gasteiger partial charge in [-0.3, -0.25) is 0 Å². The van der Waals surface area contributed by atoms with Crippen molar-refractivity contribution in [2.45, 2.75) is 33.2 Å². The molecule has 2 heteroatoms. The van der Waals surface area contributed by atoms with Gasteiger partial charge >= 0.3 is 0 Å². The van der Waals surface area contributed by atoms with Gasteiger partial charge in [-0.15, -0.1) is 0 Å². The van der Waals surface area contributed by atoms with Crippen molar-refractivity contribution in [3.63, 3.8) is 0 Å². The molecule has 2 rings (SSSR count). The maximum atomic E-state index is 5.78. The highest BCUT2D eigenvalue weighted by Gasteiger charge is 2.09. The molecule has 2 unspecified atom stereocenters. The molecule has 0 radical (unpaired) electrons. The summed E-state index contributed by atoms with van der Waals surface area (Å²) in [6.45, 7) is 6.72. The van der Waals surface area contributed by atoms with E-state index in [9.17, 15) is 0 Å². The zero-order valence-corrected chi connectivity index (χ0v) is 12.5. The topological polar surface area (TPSA) is 21.3 Å². The monoisotopic (exact) mass is 269 g/mol. The number of rotatable bonds is 6. The van der Waals surface area contributed by atoms with Gasteiger partial charge in [0.05, 0.1) is 0 Å². The van der Waals surface area contributed by atoms with Crippen LogP contribution in [0.4, 0.5) is 5.69 Å². The highest BCUT2D eigenvalue weighted by atomic mass is 16.5. The third kappa shape index (κ3) is 4.02. The summed E-state index contributed by atoms with van der Waals surface area (Å²) in [7, 11) is 0. The molecule has 0 fully saturated rings. The fraction of sp³-hybridized carbons (Fsp3) is 0.333. The highest BCUT2D eigenvalue weighted by molar-refractivity contribution is 5.47. The van der Waals surface area contributed by atoms with Gasteiger partial charge < -0.3 is 10.1 Å². The molecule has 0 aliphatic carbocycles. The van der Waals surface area contributed by atoms with E-state index in [2.05, 4.69) is 38.2 Å². The van der Waals surface area contributed by atoms with Crippen molar-refractivity contribution in [1.82, 2.24) is 0 Å². The lowest BCUT2D eigenvalue weighted by Gasteiger charge is -2.21. The largest absolute Gasteiger partial charge is 0.457 e. The van der Waals surface area contributed by atoms with E-state index >= 15 is 0 Å². The third-order valence-corrected chi connectivity index (χ3v) is 3.73. The average molecular weight is 269 g/mol. The molecule has 2 nitrogen and oxygen atoms in total. The molecular formula is C18H23NO. The SMILES string of the molecule is CCC(C)C(C)Nc1ccc(Oc2ccccc2)cc1. The molecule has 2 aromatic carbocycles. The van der Waals surface area contributed by atoms with Gasteiger partial charge in [-0.2, -0.15) is 0 Å². The number of para-hydroxylation sites is 1. The number of hydrogen-bond acceptors (Lipinski definition) is 2. The van der Waals surface area contributed by atoms with Crippen molar-refractivity contribution in [3.05, 3.63) is 54.6 Å². The van der Waals surface area contributed by atoms with E-state index in [0.717, 1.165) is 17.2 Å². The molecule has 0 heterocycles. The van der Waals surface area contributed by atoms with Gasteiger partial charge in [0.1, 0.15) is 11.5 Å². The van der Waals surface area contributed by atoms with Gasteiger partial charge in [0, 0.05) is 11.7 Å². The molecule has 106 valence electrons. The molecule has 0 aliphatic heterocycles. The van der Waals surface area contributed by atoms with Crippen LogP contribution in [-0.2, 0) is 0 Å². The Labute approximate surface area is 121 Å². The van der Waals surface area contributed by atoms with Crippen LogP contribution in [0.25, 0.3) is 0 Å². The molecule has 0 bridgehead atoms. The Kier molecular flexibility index (Phi) is 5.05. The van der Waals surface area contributed by atoms with E-state index in [1.807, 2.05) is 42.5 Å².